The van der Waals surface area contributed by atoms with Crippen LogP contribution in [0.15, 0.2) is 16.6 Å². The second kappa shape index (κ2) is 5.17. The number of halogens is 1. The van der Waals surface area contributed by atoms with E-state index < -0.39 is 0 Å². The molecule has 1 aromatic rings. The summed E-state index contributed by atoms with van der Waals surface area (Å²) in [5.41, 5.74) is 8.03. The Hall–Kier alpha value is -0.900. The van der Waals surface area contributed by atoms with Crippen LogP contribution in [0.1, 0.15) is 26.2 Å². The van der Waals surface area contributed by atoms with Crippen LogP contribution in [0.5, 0.6) is 5.75 Å². The van der Waals surface area contributed by atoms with Gasteiger partial charge in [-0.25, -0.2) is 0 Å². The highest BCUT2D eigenvalue weighted by atomic mass is 79.9. The highest BCUT2D eigenvalue weighted by molar-refractivity contribution is 9.10. The number of nitrogen functional groups attached to an aromatic ring is 1. The maximum atomic E-state index is 6.14. The Labute approximate surface area is 111 Å². The van der Waals surface area contributed by atoms with Gasteiger partial charge in [-0.05, 0) is 48.2 Å². The van der Waals surface area contributed by atoms with Crippen LogP contribution in [0.4, 0.5) is 11.4 Å². The Balaban J connectivity index is 2.37. The lowest BCUT2D eigenvalue weighted by molar-refractivity contribution is 0.414. The summed E-state index contributed by atoms with van der Waals surface area (Å²) >= 11 is 3.60. The summed E-state index contributed by atoms with van der Waals surface area (Å²) in [7, 11) is 1.66. The van der Waals surface area contributed by atoms with E-state index in [-0.39, 0.29) is 0 Å². The molecular formula is C13H19BrN2O. The maximum Gasteiger partial charge on any atom is 0.122 e. The SMILES string of the molecule is COc1cc(N)c(N2CCCCC2C)c(Br)c1. The van der Waals surface area contributed by atoms with Gasteiger partial charge in [0.2, 0.25) is 0 Å². The number of rotatable bonds is 2. The Kier molecular flexibility index (Phi) is 3.82. The molecule has 2 rings (SSSR count). The fourth-order valence-corrected chi connectivity index (χ4v) is 3.13. The molecule has 1 aliphatic rings. The lowest BCUT2D eigenvalue weighted by Crippen LogP contribution is -2.38. The van der Waals surface area contributed by atoms with Crippen LogP contribution in [0.2, 0.25) is 0 Å². The van der Waals surface area contributed by atoms with Crippen molar-refractivity contribution in [1.29, 1.82) is 0 Å². The summed E-state index contributed by atoms with van der Waals surface area (Å²) < 4.78 is 6.23. The predicted octanol–water partition coefficient (Wildman–Crippen LogP) is 3.42. The zero-order valence-electron chi connectivity index (χ0n) is 10.4. The fourth-order valence-electron chi connectivity index (χ4n) is 2.45. The second-order valence-corrected chi connectivity index (χ2v) is 5.44. The Bertz CT molecular complexity index is 385. The van der Waals surface area contributed by atoms with Gasteiger partial charge in [0.25, 0.3) is 0 Å². The Morgan fingerprint density at radius 2 is 2.18 bits per heavy atom. The van der Waals surface area contributed by atoms with E-state index in [0.29, 0.717) is 6.04 Å². The fraction of sp³-hybridized carbons (Fsp3) is 0.538. The highest BCUT2D eigenvalue weighted by Gasteiger charge is 2.22. The second-order valence-electron chi connectivity index (χ2n) is 4.59. The van der Waals surface area contributed by atoms with Gasteiger partial charge in [-0.2, -0.15) is 0 Å². The molecule has 2 N–H and O–H groups in total. The van der Waals surface area contributed by atoms with Crippen molar-refractivity contribution in [3.8, 4) is 5.75 Å². The molecule has 17 heavy (non-hydrogen) atoms. The van der Waals surface area contributed by atoms with Crippen molar-refractivity contribution in [2.24, 2.45) is 0 Å². The highest BCUT2D eigenvalue weighted by Crippen LogP contribution is 2.39. The zero-order valence-corrected chi connectivity index (χ0v) is 12.0. The van der Waals surface area contributed by atoms with E-state index in [1.54, 1.807) is 7.11 Å². The van der Waals surface area contributed by atoms with Crippen LogP contribution >= 0.6 is 15.9 Å². The van der Waals surface area contributed by atoms with Gasteiger partial charge < -0.3 is 15.4 Å². The summed E-state index contributed by atoms with van der Waals surface area (Å²) in [5, 5.41) is 0. The molecule has 1 unspecified atom stereocenters. The predicted molar refractivity (Wildman–Crippen MR) is 75.8 cm³/mol. The smallest absolute Gasteiger partial charge is 0.122 e. The van der Waals surface area contributed by atoms with Crippen LogP contribution in [0.25, 0.3) is 0 Å². The molecule has 0 aliphatic carbocycles. The monoisotopic (exact) mass is 298 g/mol. The molecule has 4 heteroatoms. The van der Waals surface area contributed by atoms with E-state index in [9.17, 15) is 0 Å². The average Bonchev–Trinajstić information content (AvgIpc) is 2.30. The topological polar surface area (TPSA) is 38.5 Å². The summed E-state index contributed by atoms with van der Waals surface area (Å²) in [6.07, 6.45) is 3.78. The van der Waals surface area contributed by atoms with Crippen LogP contribution in [0, 0.1) is 0 Å². The molecule has 0 bridgehead atoms. The first-order valence-corrected chi connectivity index (χ1v) is 6.82. The molecule has 0 radical (unpaired) electrons. The first kappa shape index (κ1) is 12.6. The molecule has 1 heterocycles. The van der Waals surface area contributed by atoms with Crippen molar-refractivity contribution in [3.63, 3.8) is 0 Å². The molecule has 0 saturated carbocycles. The summed E-state index contributed by atoms with van der Waals surface area (Å²) in [5.74, 6) is 0.794. The molecule has 1 saturated heterocycles. The van der Waals surface area contributed by atoms with E-state index in [2.05, 4.69) is 27.8 Å². The quantitative estimate of drug-likeness (QED) is 0.850. The minimum Gasteiger partial charge on any atom is -0.497 e. The number of benzene rings is 1. The first-order chi connectivity index (χ1) is 8.13. The molecule has 0 aromatic heterocycles. The third-order valence-electron chi connectivity index (χ3n) is 3.39. The van der Waals surface area contributed by atoms with Gasteiger partial charge >= 0.3 is 0 Å². The van der Waals surface area contributed by atoms with Crippen LogP contribution in [0.3, 0.4) is 0 Å². The van der Waals surface area contributed by atoms with E-state index in [1.165, 1.54) is 19.3 Å². The Morgan fingerprint density at radius 1 is 1.41 bits per heavy atom. The maximum absolute atomic E-state index is 6.14. The van der Waals surface area contributed by atoms with Gasteiger partial charge in [-0.3, -0.25) is 0 Å². The normalized spacial score (nSPS) is 20.4. The molecule has 1 aliphatic heterocycles. The summed E-state index contributed by atoms with van der Waals surface area (Å²) in [6.45, 7) is 3.34. The van der Waals surface area contributed by atoms with Crippen molar-refractivity contribution in [3.05, 3.63) is 16.6 Å². The number of nitrogens with zero attached hydrogens (tertiary/aromatic N) is 1. The lowest BCUT2D eigenvalue weighted by Gasteiger charge is -2.36. The molecule has 1 fully saturated rings. The van der Waals surface area contributed by atoms with E-state index in [1.807, 2.05) is 12.1 Å². The van der Waals surface area contributed by atoms with Crippen molar-refractivity contribution in [2.45, 2.75) is 32.2 Å². The van der Waals surface area contributed by atoms with Gasteiger partial charge in [0, 0.05) is 23.1 Å². The number of piperidine rings is 1. The number of methoxy groups -OCH3 is 1. The lowest BCUT2D eigenvalue weighted by atomic mass is 10.0. The van der Waals surface area contributed by atoms with Crippen molar-refractivity contribution in [1.82, 2.24) is 0 Å². The third-order valence-corrected chi connectivity index (χ3v) is 4.00. The van der Waals surface area contributed by atoms with E-state index in [4.69, 9.17) is 10.5 Å². The standard InChI is InChI=1S/C13H19BrN2O/c1-9-5-3-4-6-16(9)13-11(14)7-10(17-2)8-12(13)15/h7-9H,3-6,15H2,1-2H3. The van der Waals surface area contributed by atoms with Crippen LogP contribution in [-0.4, -0.2) is 19.7 Å². The minimum absolute atomic E-state index is 0.552. The number of anilines is 2. The molecule has 94 valence electrons. The van der Waals surface area contributed by atoms with Crippen molar-refractivity contribution in [2.75, 3.05) is 24.3 Å². The summed E-state index contributed by atoms with van der Waals surface area (Å²) in [6, 6.07) is 4.42. The molecular weight excluding hydrogens is 280 g/mol. The Morgan fingerprint density at radius 3 is 2.76 bits per heavy atom. The average molecular weight is 299 g/mol. The minimum atomic E-state index is 0.552. The number of hydrogen-bond donors (Lipinski definition) is 1. The van der Waals surface area contributed by atoms with Crippen LogP contribution < -0.4 is 15.4 Å². The molecule has 3 nitrogen and oxygen atoms in total. The van der Waals surface area contributed by atoms with Gasteiger partial charge in [0.1, 0.15) is 5.75 Å². The molecule has 0 amide bonds. The van der Waals surface area contributed by atoms with Crippen LogP contribution in [-0.2, 0) is 0 Å². The largest absolute Gasteiger partial charge is 0.497 e. The molecule has 1 atom stereocenters. The van der Waals surface area contributed by atoms with Crippen molar-refractivity contribution >= 4 is 27.3 Å². The number of hydrogen-bond acceptors (Lipinski definition) is 3. The van der Waals surface area contributed by atoms with Gasteiger partial charge in [0.15, 0.2) is 0 Å². The van der Waals surface area contributed by atoms with Gasteiger partial charge in [-0.1, -0.05) is 0 Å². The number of nitrogens with two attached hydrogens (primary N) is 1. The van der Waals surface area contributed by atoms with Gasteiger partial charge in [-0.15, -0.1) is 0 Å². The van der Waals surface area contributed by atoms with E-state index >= 15 is 0 Å². The van der Waals surface area contributed by atoms with Gasteiger partial charge in [0.05, 0.1) is 18.5 Å². The van der Waals surface area contributed by atoms with Crippen molar-refractivity contribution < 1.29 is 4.74 Å². The number of ether oxygens (including phenoxy) is 1. The zero-order chi connectivity index (χ0) is 12.4. The molecule has 0 spiro atoms. The molecule has 1 aromatic carbocycles. The van der Waals surface area contributed by atoms with E-state index in [0.717, 1.165) is 28.1 Å². The third kappa shape index (κ3) is 2.51. The first-order valence-electron chi connectivity index (χ1n) is 6.03. The summed E-state index contributed by atoms with van der Waals surface area (Å²) in [4.78, 5) is 2.39.